The quantitative estimate of drug-likeness (QED) is 0.575. The van der Waals surface area contributed by atoms with E-state index < -0.39 is 0 Å². The molecule has 2 heteroatoms. The molecule has 1 heterocycles. The zero-order valence-corrected chi connectivity index (χ0v) is 13.6. The highest BCUT2D eigenvalue weighted by molar-refractivity contribution is 4.56. The Balaban J connectivity index is -0.000000161. The largest absolute Gasteiger partial charge is 0.452 e. The van der Waals surface area contributed by atoms with E-state index in [1.54, 1.807) is 6.20 Å². The number of rotatable bonds is 0. The minimum Gasteiger partial charge on any atom is -0.452 e. The fraction of sp³-hybridized carbons (Fsp3) is 0.800. The van der Waals surface area contributed by atoms with E-state index in [0.29, 0.717) is 10.8 Å². The van der Waals surface area contributed by atoms with Gasteiger partial charge in [0.1, 0.15) is 6.26 Å². The van der Waals surface area contributed by atoms with Crippen molar-refractivity contribution in [2.75, 3.05) is 0 Å². The summed E-state index contributed by atoms with van der Waals surface area (Å²) in [7, 11) is 0. The molecular formula is C15H33NO. The molecule has 1 aromatic heterocycles. The van der Waals surface area contributed by atoms with Crippen LogP contribution in [0.3, 0.4) is 0 Å². The van der Waals surface area contributed by atoms with E-state index in [2.05, 4.69) is 64.8 Å². The first-order chi connectivity index (χ1) is 7.50. The Morgan fingerprint density at radius 2 is 1.06 bits per heavy atom. The Morgan fingerprint density at radius 3 is 1.12 bits per heavy atom. The molecule has 0 saturated carbocycles. The molecule has 1 aromatic rings. The van der Waals surface area contributed by atoms with E-state index in [1.165, 1.54) is 12.7 Å². The lowest BCUT2D eigenvalue weighted by Crippen LogP contribution is -1.93. The van der Waals surface area contributed by atoms with Crippen molar-refractivity contribution in [1.82, 2.24) is 4.98 Å². The molecule has 0 spiro atoms. The van der Waals surface area contributed by atoms with Gasteiger partial charge in [0.05, 0.1) is 6.20 Å². The maximum Gasteiger partial charge on any atom is 0.180 e. The number of oxazole rings is 1. The Hall–Kier alpha value is -0.790. The highest BCUT2D eigenvalue weighted by Crippen LogP contribution is 2.08. The molecule has 0 aliphatic heterocycles. The van der Waals surface area contributed by atoms with Crippen molar-refractivity contribution in [3.8, 4) is 0 Å². The van der Waals surface area contributed by atoms with Crippen LogP contribution in [-0.2, 0) is 0 Å². The van der Waals surface area contributed by atoms with E-state index in [4.69, 9.17) is 0 Å². The van der Waals surface area contributed by atoms with E-state index in [-0.39, 0.29) is 0 Å². The fourth-order valence-electron chi connectivity index (χ4n) is 0.176. The third-order valence-corrected chi connectivity index (χ3v) is 0.347. The standard InChI is InChI=1S/2C5H12.C3H3NO.C2H6/c2*1-5(2,3)4;1-2-5-3-4-1;1-2/h2*1-4H3;1-3H;1-2H3. The third-order valence-electron chi connectivity index (χ3n) is 0.347. The van der Waals surface area contributed by atoms with Crippen LogP contribution in [0.2, 0.25) is 0 Å². The first kappa shape index (κ1) is 21.5. The number of aromatic nitrogens is 1. The van der Waals surface area contributed by atoms with Crippen molar-refractivity contribution in [2.45, 2.75) is 69.2 Å². The molecule has 0 saturated heterocycles. The van der Waals surface area contributed by atoms with Crippen LogP contribution in [0.1, 0.15) is 69.2 Å². The van der Waals surface area contributed by atoms with Crippen molar-refractivity contribution in [3.63, 3.8) is 0 Å². The van der Waals surface area contributed by atoms with Crippen molar-refractivity contribution in [1.29, 1.82) is 0 Å². The van der Waals surface area contributed by atoms with Crippen LogP contribution >= 0.6 is 0 Å². The van der Waals surface area contributed by atoms with Crippen molar-refractivity contribution in [2.24, 2.45) is 10.8 Å². The van der Waals surface area contributed by atoms with Gasteiger partial charge in [-0.15, -0.1) is 0 Å². The second-order valence-corrected chi connectivity index (χ2v) is 6.68. The Labute approximate surface area is 109 Å². The molecule has 0 N–H and O–H groups in total. The van der Waals surface area contributed by atoms with Gasteiger partial charge < -0.3 is 4.42 Å². The Kier molecular flexibility index (Phi) is 14.8. The molecule has 104 valence electrons. The molecule has 1 rings (SSSR count). The van der Waals surface area contributed by atoms with E-state index in [9.17, 15) is 0 Å². The van der Waals surface area contributed by atoms with Gasteiger partial charge in [-0.2, -0.15) is 0 Å². The lowest BCUT2D eigenvalue weighted by molar-refractivity contribution is 0.469. The summed E-state index contributed by atoms with van der Waals surface area (Å²) >= 11 is 0. The van der Waals surface area contributed by atoms with Gasteiger partial charge in [0.15, 0.2) is 6.39 Å². The van der Waals surface area contributed by atoms with E-state index >= 15 is 0 Å². The molecular weight excluding hydrogens is 210 g/mol. The summed E-state index contributed by atoms with van der Waals surface area (Å²) in [6.45, 7) is 21.5. The second kappa shape index (κ2) is 11.7. The first-order valence-electron chi connectivity index (χ1n) is 6.32. The molecule has 0 unspecified atom stereocenters. The lowest BCUT2D eigenvalue weighted by atomic mass is 10.0. The van der Waals surface area contributed by atoms with Crippen molar-refractivity contribution in [3.05, 3.63) is 18.9 Å². The Morgan fingerprint density at radius 1 is 0.765 bits per heavy atom. The smallest absolute Gasteiger partial charge is 0.180 e. The number of hydrogen-bond donors (Lipinski definition) is 0. The SMILES string of the molecule is CC.CC(C)(C)C.CC(C)(C)C.c1cocn1. The minimum atomic E-state index is 0.500. The summed E-state index contributed by atoms with van der Waals surface area (Å²) in [6.07, 6.45) is 4.47. The van der Waals surface area contributed by atoms with Crippen molar-refractivity contribution < 1.29 is 4.42 Å². The van der Waals surface area contributed by atoms with Gasteiger partial charge in [-0.05, 0) is 10.8 Å². The maximum absolute atomic E-state index is 4.47. The summed E-state index contributed by atoms with van der Waals surface area (Å²) in [4.78, 5) is 3.56. The van der Waals surface area contributed by atoms with Crippen LogP contribution in [-0.4, -0.2) is 4.98 Å². The summed E-state index contributed by atoms with van der Waals surface area (Å²) < 4.78 is 4.47. The summed E-state index contributed by atoms with van der Waals surface area (Å²) in [5, 5.41) is 0. The van der Waals surface area contributed by atoms with Crippen molar-refractivity contribution >= 4 is 0 Å². The van der Waals surface area contributed by atoms with Crippen LogP contribution in [0.5, 0.6) is 0 Å². The molecule has 0 aromatic carbocycles. The number of nitrogens with zero attached hydrogens (tertiary/aromatic N) is 1. The van der Waals surface area contributed by atoms with Crippen LogP contribution in [0.15, 0.2) is 23.3 Å². The first-order valence-corrected chi connectivity index (χ1v) is 6.32. The topological polar surface area (TPSA) is 26.0 Å². The maximum atomic E-state index is 4.47. The molecule has 2 nitrogen and oxygen atoms in total. The molecule has 0 atom stereocenters. The molecule has 0 radical (unpaired) electrons. The molecule has 0 aliphatic rings. The van der Waals surface area contributed by atoms with Crippen LogP contribution in [0.4, 0.5) is 0 Å². The van der Waals surface area contributed by atoms with E-state index in [0.717, 1.165) is 0 Å². The molecule has 0 aliphatic carbocycles. The van der Waals surface area contributed by atoms with E-state index in [1.807, 2.05) is 13.8 Å². The summed E-state index contributed by atoms with van der Waals surface area (Å²) in [5.41, 5.74) is 1.00. The predicted octanol–water partition coefficient (Wildman–Crippen LogP) is 5.81. The highest BCUT2D eigenvalue weighted by atomic mass is 16.3. The van der Waals surface area contributed by atoms with Gasteiger partial charge in [0.2, 0.25) is 0 Å². The molecule has 17 heavy (non-hydrogen) atoms. The molecule has 0 bridgehead atoms. The average Bonchev–Trinajstić information content (AvgIpc) is 2.56. The van der Waals surface area contributed by atoms with Gasteiger partial charge >= 0.3 is 0 Å². The van der Waals surface area contributed by atoms with Gasteiger partial charge in [0, 0.05) is 0 Å². The lowest BCUT2D eigenvalue weighted by Gasteiger charge is -2.05. The van der Waals surface area contributed by atoms with Crippen LogP contribution in [0, 0.1) is 10.8 Å². The molecule has 0 amide bonds. The van der Waals surface area contributed by atoms with Crippen LogP contribution < -0.4 is 0 Å². The van der Waals surface area contributed by atoms with Crippen LogP contribution in [0.25, 0.3) is 0 Å². The third kappa shape index (κ3) is 150. The highest BCUT2D eigenvalue weighted by Gasteiger charge is 1.96. The minimum absolute atomic E-state index is 0.500. The predicted molar refractivity (Wildman–Crippen MR) is 78.1 cm³/mol. The molecule has 0 fully saturated rings. The fourth-order valence-corrected chi connectivity index (χ4v) is 0.176. The summed E-state index contributed by atoms with van der Waals surface area (Å²) in [6, 6.07) is 0. The second-order valence-electron chi connectivity index (χ2n) is 6.68. The monoisotopic (exact) mass is 243 g/mol. The zero-order chi connectivity index (χ0) is 14.5. The van der Waals surface area contributed by atoms with Gasteiger partial charge in [-0.25, -0.2) is 4.98 Å². The Bertz CT molecular complexity index is 161. The van der Waals surface area contributed by atoms with Gasteiger partial charge in [-0.3, -0.25) is 0 Å². The van der Waals surface area contributed by atoms with Gasteiger partial charge in [-0.1, -0.05) is 69.2 Å². The normalized spacial score (nSPS) is 9.76. The van der Waals surface area contributed by atoms with Gasteiger partial charge in [0.25, 0.3) is 0 Å². The summed E-state index contributed by atoms with van der Waals surface area (Å²) in [5.74, 6) is 0. The average molecular weight is 243 g/mol. The zero-order valence-electron chi connectivity index (χ0n) is 13.6. The number of hydrogen-bond acceptors (Lipinski definition) is 2.